The number of nitrogens with zero attached hydrogens (tertiary/aromatic N) is 2. The molecular formula is C11H14ClN3O3. The lowest BCUT2D eigenvalue weighted by atomic mass is 10.0. The normalized spacial score (nSPS) is 18.6. The number of hydrogen-bond donors (Lipinski definition) is 3. The summed E-state index contributed by atoms with van der Waals surface area (Å²) in [5.41, 5.74) is 1.59. The number of rotatable bonds is 3. The minimum absolute atomic E-state index is 0.0144. The van der Waals surface area contributed by atoms with Crippen LogP contribution in [0.4, 0.5) is 4.79 Å². The number of aromatic nitrogens is 1. The van der Waals surface area contributed by atoms with Gasteiger partial charge in [-0.25, -0.2) is 9.78 Å². The van der Waals surface area contributed by atoms with Gasteiger partial charge in [0.1, 0.15) is 5.15 Å². The Hall–Kier alpha value is -1.37. The zero-order valence-electron chi connectivity index (χ0n) is 9.64. The smallest absolute Gasteiger partial charge is 0.407 e. The van der Waals surface area contributed by atoms with Gasteiger partial charge in [0.15, 0.2) is 0 Å². The summed E-state index contributed by atoms with van der Waals surface area (Å²) >= 11 is 5.86. The molecule has 0 aromatic carbocycles. The summed E-state index contributed by atoms with van der Waals surface area (Å²) < 4.78 is 0. The van der Waals surface area contributed by atoms with E-state index in [0.29, 0.717) is 24.8 Å². The van der Waals surface area contributed by atoms with Crippen LogP contribution in [0.25, 0.3) is 0 Å². The average Bonchev–Trinajstić information content (AvgIpc) is 2.35. The number of carboxylic acid groups (broad SMARTS) is 1. The minimum Gasteiger partial charge on any atom is -0.465 e. The highest BCUT2D eigenvalue weighted by Crippen LogP contribution is 2.26. The van der Waals surface area contributed by atoms with Crippen LogP contribution in [-0.2, 0) is 6.54 Å². The van der Waals surface area contributed by atoms with Gasteiger partial charge < -0.3 is 20.4 Å². The quantitative estimate of drug-likeness (QED) is 0.710. The summed E-state index contributed by atoms with van der Waals surface area (Å²) in [4.78, 5) is 16.6. The number of aliphatic hydroxyl groups is 1. The van der Waals surface area contributed by atoms with Crippen molar-refractivity contribution in [1.82, 2.24) is 15.2 Å². The molecule has 6 nitrogen and oxygen atoms in total. The molecule has 98 valence electrons. The number of halogens is 1. The predicted molar refractivity (Wildman–Crippen MR) is 65.5 cm³/mol. The maximum Gasteiger partial charge on any atom is 0.407 e. The first-order valence-electron chi connectivity index (χ1n) is 5.59. The lowest BCUT2D eigenvalue weighted by molar-refractivity contribution is 0.130. The Kier molecular flexibility index (Phi) is 4.00. The van der Waals surface area contributed by atoms with E-state index in [1.54, 1.807) is 12.1 Å². The third kappa shape index (κ3) is 2.72. The molecule has 3 N–H and O–H groups in total. The van der Waals surface area contributed by atoms with E-state index in [0.717, 1.165) is 11.3 Å². The van der Waals surface area contributed by atoms with Crippen molar-refractivity contribution in [3.05, 3.63) is 28.5 Å². The molecule has 2 rings (SSSR count). The van der Waals surface area contributed by atoms with Crippen LogP contribution in [-0.4, -0.2) is 45.9 Å². The van der Waals surface area contributed by atoms with Crippen LogP contribution >= 0.6 is 11.6 Å². The Balaban J connectivity index is 2.28. The fourth-order valence-corrected chi connectivity index (χ4v) is 2.19. The highest BCUT2D eigenvalue weighted by atomic mass is 35.5. The largest absolute Gasteiger partial charge is 0.465 e. The Morgan fingerprint density at radius 2 is 2.39 bits per heavy atom. The van der Waals surface area contributed by atoms with Crippen LogP contribution in [0, 0.1) is 0 Å². The molecule has 1 amide bonds. The van der Waals surface area contributed by atoms with Crippen LogP contribution in [0.1, 0.15) is 17.3 Å². The number of pyridine rings is 1. The number of carbonyl (C=O) groups is 1. The molecular weight excluding hydrogens is 258 g/mol. The first kappa shape index (κ1) is 13.1. The number of hydrogen-bond acceptors (Lipinski definition) is 4. The second-order valence-corrected chi connectivity index (χ2v) is 4.46. The van der Waals surface area contributed by atoms with E-state index >= 15 is 0 Å². The standard InChI is InChI=1S/C11H14ClN3O3/c12-9-2-1-7-5-15(11(17)18)6-8(10(7)14-9)13-3-4-16/h1-2,8,13,16H,3-6H2,(H,17,18). The average molecular weight is 272 g/mol. The van der Waals surface area contributed by atoms with Gasteiger partial charge >= 0.3 is 6.09 Å². The molecule has 1 aromatic rings. The lowest BCUT2D eigenvalue weighted by Crippen LogP contribution is -2.43. The van der Waals surface area contributed by atoms with Gasteiger partial charge in [0.05, 0.1) is 24.9 Å². The highest BCUT2D eigenvalue weighted by molar-refractivity contribution is 6.29. The van der Waals surface area contributed by atoms with Crippen molar-refractivity contribution >= 4 is 17.7 Å². The molecule has 1 aromatic heterocycles. The first-order valence-corrected chi connectivity index (χ1v) is 5.97. The molecule has 0 aliphatic carbocycles. The van der Waals surface area contributed by atoms with Gasteiger partial charge in [-0.1, -0.05) is 17.7 Å². The molecule has 1 atom stereocenters. The Morgan fingerprint density at radius 3 is 3.06 bits per heavy atom. The molecule has 7 heteroatoms. The fraction of sp³-hybridized carbons (Fsp3) is 0.455. The maximum atomic E-state index is 11.1. The molecule has 0 radical (unpaired) electrons. The van der Waals surface area contributed by atoms with Crippen molar-refractivity contribution in [3.8, 4) is 0 Å². The number of aliphatic hydroxyl groups excluding tert-OH is 1. The molecule has 0 bridgehead atoms. The Labute approximate surface area is 109 Å². The number of fused-ring (bicyclic) bond motifs is 1. The Morgan fingerprint density at radius 1 is 1.61 bits per heavy atom. The van der Waals surface area contributed by atoms with E-state index in [-0.39, 0.29) is 12.6 Å². The van der Waals surface area contributed by atoms with Gasteiger partial charge in [-0.05, 0) is 11.6 Å². The van der Waals surface area contributed by atoms with Crippen LogP contribution in [0.15, 0.2) is 12.1 Å². The summed E-state index contributed by atoms with van der Waals surface area (Å²) in [7, 11) is 0. The van der Waals surface area contributed by atoms with E-state index in [1.165, 1.54) is 4.90 Å². The van der Waals surface area contributed by atoms with Crippen LogP contribution in [0.3, 0.4) is 0 Å². The second kappa shape index (κ2) is 5.51. The predicted octanol–water partition coefficient (Wildman–Crippen LogP) is 0.852. The molecule has 1 aliphatic rings. The summed E-state index contributed by atoms with van der Waals surface area (Å²) in [6.45, 7) is 0.979. The Bertz CT molecular complexity index is 455. The number of nitrogens with one attached hydrogen (secondary N) is 1. The van der Waals surface area contributed by atoms with Gasteiger partial charge in [0, 0.05) is 13.1 Å². The first-order chi connectivity index (χ1) is 8.61. The van der Waals surface area contributed by atoms with Gasteiger partial charge in [0.2, 0.25) is 0 Å². The van der Waals surface area contributed by atoms with Crippen LogP contribution < -0.4 is 5.32 Å². The van der Waals surface area contributed by atoms with Crippen molar-refractivity contribution in [2.45, 2.75) is 12.6 Å². The van der Waals surface area contributed by atoms with E-state index in [1.807, 2.05) is 0 Å². The third-order valence-corrected chi connectivity index (χ3v) is 3.06. The second-order valence-electron chi connectivity index (χ2n) is 4.07. The van der Waals surface area contributed by atoms with Crippen LogP contribution in [0.5, 0.6) is 0 Å². The van der Waals surface area contributed by atoms with Crippen molar-refractivity contribution in [3.63, 3.8) is 0 Å². The van der Waals surface area contributed by atoms with Crippen molar-refractivity contribution < 1.29 is 15.0 Å². The fourth-order valence-electron chi connectivity index (χ4n) is 2.04. The van der Waals surface area contributed by atoms with Crippen molar-refractivity contribution in [2.75, 3.05) is 19.7 Å². The summed E-state index contributed by atoms with van der Waals surface area (Å²) in [6, 6.07) is 3.19. The molecule has 0 spiro atoms. The zero-order valence-corrected chi connectivity index (χ0v) is 10.4. The molecule has 0 saturated carbocycles. The summed E-state index contributed by atoms with van der Waals surface area (Å²) in [6.07, 6.45) is -0.966. The highest BCUT2D eigenvalue weighted by Gasteiger charge is 2.28. The summed E-state index contributed by atoms with van der Waals surface area (Å²) in [5.74, 6) is 0. The van der Waals surface area contributed by atoms with E-state index in [4.69, 9.17) is 21.8 Å². The molecule has 18 heavy (non-hydrogen) atoms. The van der Waals surface area contributed by atoms with E-state index in [9.17, 15) is 4.79 Å². The van der Waals surface area contributed by atoms with E-state index < -0.39 is 6.09 Å². The maximum absolute atomic E-state index is 11.1. The topological polar surface area (TPSA) is 85.7 Å². The minimum atomic E-state index is -0.966. The van der Waals surface area contributed by atoms with Gasteiger partial charge in [-0.2, -0.15) is 0 Å². The zero-order chi connectivity index (χ0) is 13.1. The monoisotopic (exact) mass is 271 g/mol. The van der Waals surface area contributed by atoms with Gasteiger partial charge in [-0.15, -0.1) is 0 Å². The molecule has 1 unspecified atom stereocenters. The van der Waals surface area contributed by atoms with Crippen LogP contribution in [0.2, 0.25) is 5.15 Å². The molecule has 0 saturated heterocycles. The molecule has 2 heterocycles. The third-order valence-electron chi connectivity index (χ3n) is 2.85. The lowest BCUT2D eigenvalue weighted by Gasteiger charge is -2.32. The van der Waals surface area contributed by atoms with E-state index in [2.05, 4.69) is 10.3 Å². The van der Waals surface area contributed by atoms with Gasteiger partial charge in [0.25, 0.3) is 0 Å². The summed E-state index contributed by atoms with van der Waals surface area (Å²) in [5, 5.41) is 21.3. The number of amides is 1. The van der Waals surface area contributed by atoms with Crippen molar-refractivity contribution in [2.24, 2.45) is 0 Å². The van der Waals surface area contributed by atoms with Gasteiger partial charge in [-0.3, -0.25) is 0 Å². The van der Waals surface area contributed by atoms with Crippen molar-refractivity contribution in [1.29, 1.82) is 0 Å². The molecule has 1 aliphatic heterocycles. The SMILES string of the molecule is O=C(O)N1Cc2ccc(Cl)nc2C(NCCO)C1. The molecule has 0 fully saturated rings.